The minimum absolute atomic E-state index is 0.0882. The zero-order valence-corrected chi connectivity index (χ0v) is 19.7. The summed E-state index contributed by atoms with van der Waals surface area (Å²) >= 11 is 0. The molecule has 0 amide bonds. The van der Waals surface area contributed by atoms with Crippen molar-refractivity contribution in [2.45, 2.75) is 103 Å². The van der Waals surface area contributed by atoms with Gasteiger partial charge < -0.3 is 4.74 Å². The molecule has 0 aromatic rings. The standard InChI is InChI=1S/C28H46O2/c1-3-4-5-6-7-8-9-10-11-12-13-14-15-16-17-18-19-20-21-22-23-24-25-26-27-28(29)30-2/h7-8,10-11,13-14,16-17,19-20H,3-6,9,12,15,18,21-27H2,1-2H3/b8-7+,11-10+,14-13+,17-16+,20-19+. The van der Waals surface area contributed by atoms with Crippen molar-refractivity contribution < 1.29 is 9.53 Å². The molecule has 0 aliphatic heterocycles. The number of carbonyl (C=O) groups is 1. The maximum atomic E-state index is 11.0. The van der Waals surface area contributed by atoms with E-state index in [0.717, 1.165) is 44.9 Å². The molecular weight excluding hydrogens is 368 g/mol. The van der Waals surface area contributed by atoms with Crippen molar-refractivity contribution in [3.05, 3.63) is 60.8 Å². The van der Waals surface area contributed by atoms with E-state index in [-0.39, 0.29) is 5.97 Å². The third kappa shape index (κ3) is 24.2. The number of carbonyl (C=O) groups excluding carboxylic acids is 1. The highest BCUT2D eigenvalue weighted by atomic mass is 16.5. The fourth-order valence-electron chi connectivity index (χ4n) is 3.00. The second kappa shape index (κ2) is 25.2. The van der Waals surface area contributed by atoms with Gasteiger partial charge in [-0.3, -0.25) is 4.79 Å². The number of esters is 1. The van der Waals surface area contributed by atoms with Crippen LogP contribution in [0.5, 0.6) is 0 Å². The lowest BCUT2D eigenvalue weighted by Gasteiger charge is -1.99. The number of hydrogen-bond acceptors (Lipinski definition) is 2. The molecule has 0 unspecified atom stereocenters. The van der Waals surface area contributed by atoms with Gasteiger partial charge in [0.15, 0.2) is 0 Å². The Morgan fingerprint density at radius 3 is 1.43 bits per heavy atom. The topological polar surface area (TPSA) is 26.3 Å². The lowest BCUT2D eigenvalue weighted by molar-refractivity contribution is -0.140. The van der Waals surface area contributed by atoms with E-state index < -0.39 is 0 Å². The zero-order valence-electron chi connectivity index (χ0n) is 19.7. The average Bonchev–Trinajstić information content (AvgIpc) is 2.76. The van der Waals surface area contributed by atoms with E-state index in [4.69, 9.17) is 0 Å². The molecule has 0 saturated carbocycles. The highest BCUT2D eigenvalue weighted by Gasteiger charge is 1.98. The molecule has 0 spiro atoms. The minimum Gasteiger partial charge on any atom is -0.469 e. The van der Waals surface area contributed by atoms with Gasteiger partial charge in [-0.05, 0) is 57.8 Å². The first kappa shape index (κ1) is 28.2. The van der Waals surface area contributed by atoms with Crippen molar-refractivity contribution in [1.29, 1.82) is 0 Å². The van der Waals surface area contributed by atoms with Gasteiger partial charge in [-0.2, -0.15) is 0 Å². The summed E-state index contributed by atoms with van der Waals surface area (Å²) in [7, 11) is 1.45. The molecule has 0 radical (unpaired) electrons. The maximum absolute atomic E-state index is 11.0. The summed E-state index contributed by atoms with van der Waals surface area (Å²) < 4.78 is 4.64. The number of ether oxygens (including phenoxy) is 1. The predicted molar refractivity (Wildman–Crippen MR) is 133 cm³/mol. The fourth-order valence-corrected chi connectivity index (χ4v) is 3.00. The molecule has 0 aromatic heterocycles. The Morgan fingerprint density at radius 1 is 0.567 bits per heavy atom. The van der Waals surface area contributed by atoms with Crippen molar-refractivity contribution in [3.63, 3.8) is 0 Å². The first-order valence-corrected chi connectivity index (χ1v) is 12.1. The van der Waals surface area contributed by atoms with Crippen LogP contribution >= 0.6 is 0 Å². The van der Waals surface area contributed by atoms with Crippen LogP contribution in [0.1, 0.15) is 103 Å². The molecule has 2 nitrogen and oxygen atoms in total. The minimum atomic E-state index is -0.0882. The molecule has 0 aliphatic rings. The van der Waals surface area contributed by atoms with Crippen LogP contribution in [0.2, 0.25) is 0 Å². The van der Waals surface area contributed by atoms with Crippen LogP contribution in [0.25, 0.3) is 0 Å². The third-order valence-electron chi connectivity index (χ3n) is 4.88. The van der Waals surface area contributed by atoms with Crippen LogP contribution in [0, 0.1) is 0 Å². The molecule has 30 heavy (non-hydrogen) atoms. The summed E-state index contributed by atoms with van der Waals surface area (Å²) in [6.45, 7) is 2.25. The van der Waals surface area contributed by atoms with E-state index in [2.05, 4.69) is 72.4 Å². The lowest BCUT2D eigenvalue weighted by atomic mass is 10.1. The highest BCUT2D eigenvalue weighted by Crippen LogP contribution is 2.08. The first-order chi connectivity index (χ1) is 14.8. The molecule has 170 valence electrons. The van der Waals surface area contributed by atoms with Gasteiger partial charge >= 0.3 is 5.97 Å². The summed E-state index contributed by atoms with van der Waals surface area (Å²) in [5.74, 6) is -0.0882. The van der Waals surface area contributed by atoms with Gasteiger partial charge in [-0.25, -0.2) is 0 Å². The van der Waals surface area contributed by atoms with Crippen molar-refractivity contribution in [2.75, 3.05) is 7.11 Å². The number of rotatable bonds is 20. The van der Waals surface area contributed by atoms with E-state index in [1.54, 1.807) is 0 Å². The molecule has 0 bridgehead atoms. The summed E-state index contributed by atoms with van der Waals surface area (Å²) in [6.07, 6.45) is 39.4. The van der Waals surface area contributed by atoms with Gasteiger partial charge in [-0.1, -0.05) is 99.8 Å². The molecule has 0 rings (SSSR count). The van der Waals surface area contributed by atoms with Crippen molar-refractivity contribution >= 4 is 5.97 Å². The lowest BCUT2D eigenvalue weighted by Crippen LogP contribution is -1.98. The number of unbranched alkanes of at least 4 members (excludes halogenated alkanes) is 8. The Bertz CT molecular complexity index is 509. The van der Waals surface area contributed by atoms with Gasteiger partial charge in [0.1, 0.15) is 0 Å². The van der Waals surface area contributed by atoms with Gasteiger partial charge in [0.05, 0.1) is 7.11 Å². The number of methoxy groups -OCH3 is 1. The Kier molecular flexibility index (Phi) is 23.7. The monoisotopic (exact) mass is 414 g/mol. The molecule has 0 aromatic carbocycles. The normalized spacial score (nSPS) is 12.5. The maximum Gasteiger partial charge on any atom is 0.305 e. The Balaban J connectivity index is 3.41. The largest absolute Gasteiger partial charge is 0.469 e. The molecule has 0 heterocycles. The molecule has 0 aliphatic carbocycles. The van der Waals surface area contributed by atoms with Gasteiger partial charge in [-0.15, -0.1) is 0 Å². The van der Waals surface area contributed by atoms with Crippen LogP contribution < -0.4 is 0 Å². The van der Waals surface area contributed by atoms with Crippen molar-refractivity contribution in [1.82, 2.24) is 0 Å². The molecule has 0 N–H and O–H groups in total. The smallest absolute Gasteiger partial charge is 0.305 e. The van der Waals surface area contributed by atoms with Crippen LogP contribution in [-0.2, 0) is 9.53 Å². The van der Waals surface area contributed by atoms with Crippen LogP contribution in [-0.4, -0.2) is 13.1 Å². The second-order valence-corrected chi connectivity index (χ2v) is 7.68. The summed E-state index contributed by atoms with van der Waals surface area (Å²) in [4.78, 5) is 11.0. The number of allylic oxidation sites excluding steroid dienone is 10. The summed E-state index contributed by atoms with van der Waals surface area (Å²) in [5, 5.41) is 0. The first-order valence-electron chi connectivity index (χ1n) is 12.1. The molecule has 0 fully saturated rings. The molecule has 0 atom stereocenters. The third-order valence-corrected chi connectivity index (χ3v) is 4.88. The Labute approximate surface area is 186 Å². The predicted octanol–water partition coefficient (Wildman–Crippen LogP) is 8.81. The SMILES string of the molecule is CCCCC/C=C/C/C=C/C/C=C/C/C=C/C/C=C/CCCCCCCC(=O)OC. The van der Waals surface area contributed by atoms with Crippen LogP contribution in [0.3, 0.4) is 0 Å². The van der Waals surface area contributed by atoms with Gasteiger partial charge in [0, 0.05) is 6.42 Å². The average molecular weight is 415 g/mol. The van der Waals surface area contributed by atoms with E-state index in [1.165, 1.54) is 52.1 Å². The second-order valence-electron chi connectivity index (χ2n) is 7.68. The molecule has 2 heteroatoms. The molecular formula is C28H46O2. The fraction of sp³-hybridized carbons (Fsp3) is 0.607. The Hall–Kier alpha value is -1.83. The van der Waals surface area contributed by atoms with Gasteiger partial charge in [0.25, 0.3) is 0 Å². The van der Waals surface area contributed by atoms with Crippen molar-refractivity contribution in [2.24, 2.45) is 0 Å². The van der Waals surface area contributed by atoms with Crippen molar-refractivity contribution in [3.8, 4) is 0 Å². The quantitative estimate of drug-likeness (QED) is 0.113. The highest BCUT2D eigenvalue weighted by molar-refractivity contribution is 5.68. The van der Waals surface area contributed by atoms with E-state index in [1.807, 2.05) is 0 Å². The van der Waals surface area contributed by atoms with Crippen LogP contribution in [0.15, 0.2) is 60.8 Å². The number of hydrogen-bond donors (Lipinski definition) is 0. The van der Waals surface area contributed by atoms with E-state index >= 15 is 0 Å². The summed E-state index contributed by atoms with van der Waals surface area (Å²) in [5.41, 5.74) is 0. The zero-order chi connectivity index (χ0) is 22.0. The van der Waals surface area contributed by atoms with Gasteiger partial charge in [0.2, 0.25) is 0 Å². The van der Waals surface area contributed by atoms with E-state index in [9.17, 15) is 4.79 Å². The van der Waals surface area contributed by atoms with E-state index in [0.29, 0.717) is 6.42 Å². The Morgan fingerprint density at radius 2 is 0.967 bits per heavy atom. The van der Waals surface area contributed by atoms with Crippen LogP contribution in [0.4, 0.5) is 0 Å². The molecule has 0 saturated heterocycles. The summed E-state index contributed by atoms with van der Waals surface area (Å²) in [6, 6.07) is 0.